The second kappa shape index (κ2) is 6.84. The van der Waals surface area contributed by atoms with Crippen molar-refractivity contribution in [3.63, 3.8) is 0 Å². The van der Waals surface area contributed by atoms with Gasteiger partial charge in [0.2, 0.25) is 0 Å². The van der Waals surface area contributed by atoms with E-state index in [9.17, 15) is 0 Å². The van der Waals surface area contributed by atoms with Crippen molar-refractivity contribution in [2.75, 3.05) is 0 Å². The fourth-order valence-corrected chi connectivity index (χ4v) is 0.342. The third-order valence-corrected chi connectivity index (χ3v) is 0.607. The number of hydrogen-bond acceptors (Lipinski definition) is 0. The Balaban J connectivity index is 0. The van der Waals surface area contributed by atoms with Crippen molar-refractivity contribution in [2.24, 2.45) is 0 Å². The first-order valence-electron chi connectivity index (χ1n) is 1.91. The fourth-order valence-electron chi connectivity index (χ4n) is 0.342. The van der Waals surface area contributed by atoms with Crippen LogP contribution in [0.4, 0.5) is 0 Å². The molecule has 38 valence electrons. The van der Waals surface area contributed by atoms with Crippen LogP contribution in [0.15, 0.2) is 30.3 Å². The fraction of sp³-hybridized carbons (Fsp3) is 0. The summed E-state index contributed by atoms with van der Waals surface area (Å²) >= 11 is 0. The Bertz CT molecular complexity index is 76.3. The van der Waals surface area contributed by atoms with Gasteiger partial charge in [-0.05, 0) is 0 Å². The van der Waals surface area contributed by atoms with Gasteiger partial charge in [0.05, 0.1) is 0 Å². The van der Waals surface area contributed by atoms with E-state index in [0.717, 1.165) is 0 Å². The van der Waals surface area contributed by atoms with Crippen molar-refractivity contribution in [3.8, 4) is 0 Å². The maximum absolute atomic E-state index is 2.89. The minimum absolute atomic E-state index is 0. The molecule has 0 radical (unpaired) electrons. The molecule has 0 heterocycles. The van der Waals surface area contributed by atoms with E-state index in [-0.39, 0.29) is 26.9 Å². The molecule has 0 aliphatic carbocycles. The van der Waals surface area contributed by atoms with Crippen LogP contribution in [0.25, 0.3) is 0 Å². The second-order valence-corrected chi connectivity index (χ2v) is 1.08. The molecule has 0 bridgehead atoms. The van der Waals surface area contributed by atoms with Crippen molar-refractivity contribution in [3.05, 3.63) is 43.8 Å². The third kappa shape index (κ3) is 4.01. The first kappa shape index (κ1) is 10.8. The Morgan fingerprint density at radius 1 is 0.875 bits per heavy atom. The van der Waals surface area contributed by atoms with Crippen LogP contribution in [0.5, 0.6) is 0 Å². The van der Waals surface area contributed by atoms with E-state index in [1.165, 1.54) is 0 Å². The molecule has 0 unspecified atom stereocenters. The van der Waals surface area contributed by atoms with Crippen LogP contribution in [-0.4, -0.2) is 0 Å². The van der Waals surface area contributed by atoms with Gasteiger partial charge in [0.25, 0.3) is 0 Å². The molecule has 0 aliphatic rings. The molecule has 0 amide bonds. The van der Waals surface area contributed by atoms with Gasteiger partial charge in [0, 0.05) is 0 Å². The van der Waals surface area contributed by atoms with Crippen LogP contribution in [0, 0.1) is 13.5 Å². The first-order valence-corrected chi connectivity index (χ1v) is 1.91. The Morgan fingerprint density at radius 2 is 1.38 bits per heavy atom. The summed E-state index contributed by atoms with van der Waals surface area (Å²) in [6.45, 7) is 0. The Morgan fingerprint density at radius 3 is 1.50 bits per heavy atom. The summed E-state index contributed by atoms with van der Waals surface area (Å²) in [5.41, 5.74) is 0. The molecule has 0 atom stereocenters. The molecule has 1 heteroatoms. The topological polar surface area (TPSA) is 0 Å². The summed E-state index contributed by atoms with van der Waals surface area (Å²) in [5, 5.41) is 0. The van der Waals surface area contributed by atoms with Gasteiger partial charge in [0.15, 0.2) is 0 Å². The van der Waals surface area contributed by atoms with E-state index < -0.39 is 0 Å². The van der Waals surface area contributed by atoms with Crippen molar-refractivity contribution < 1.29 is 19.5 Å². The van der Waals surface area contributed by atoms with Crippen molar-refractivity contribution >= 4 is 0 Å². The van der Waals surface area contributed by atoms with Crippen LogP contribution in [-0.2, 0) is 19.5 Å². The van der Waals surface area contributed by atoms with Gasteiger partial charge in [-0.2, -0.15) is 36.4 Å². The van der Waals surface area contributed by atoms with Crippen LogP contribution in [0.3, 0.4) is 0 Å². The van der Waals surface area contributed by atoms with Gasteiger partial charge in [-0.1, -0.05) is 0 Å². The molecule has 0 nitrogen and oxygen atoms in total. The number of hydrogen-bond donors (Lipinski definition) is 0. The predicted molar refractivity (Wildman–Crippen MR) is 31.7 cm³/mol. The van der Waals surface area contributed by atoms with E-state index in [1.807, 2.05) is 30.3 Å². The van der Waals surface area contributed by atoms with Gasteiger partial charge in [-0.25, -0.2) is 0 Å². The van der Waals surface area contributed by atoms with Crippen molar-refractivity contribution in [1.29, 1.82) is 0 Å². The Kier molecular flexibility index (Phi) is 9.20. The largest absolute Gasteiger partial charge is 2.00 e. The minimum atomic E-state index is 0. The SMILES string of the molecule is [CH3-].[Zn+2].[c-]1ccccc1. The average molecular weight is 158 g/mol. The molecular weight excluding hydrogens is 149 g/mol. The standard InChI is InChI=1S/C6H5.CH3.Zn/c1-2-4-6-5-3-1;;/h1-5H;1H3;/q2*-1;+2. The molecule has 1 aromatic rings. The van der Waals surface area contributed by atoms with Crippen LogP contribution in [0.1, 0.15) is 0 Å². The summed E-state index contributed by atoms with van der Waals surface area (Å²) in [6.07, 6.45) is 0. The minimum Gasteiger partial charge on any atom is -0.358 e. The maximum Gasteiger partial charge on any atom is 2.00 e. The van der Waals surface area contributed by atoms with E-state index in [1.54, 1.807) is 0 Å². The molecule has 0 saturated heterocycles. The molecule has 8 heavy (non-hydrogen) atoms. The van der Waals surface area contributed by atoms with Crippen LogP contribution < -0.4 is 0 Å². The third-order valence-electron chi connectivity index (χ3n) is 0.607. The second-order valence-electron chi connectivity index (χ2n) is 1.08. The molecular formula is C7H8Zn. The predicted octanol–water partition coefficient (Wildman–Crippen LogP) is 1.93. The van der Waals surface area contributed by atoms with Crippen molar-refractivity contribution in [1.82, 2.24) is 0 Å². The van der Waals surface area contributed by atoms with E-state index in [2.05, 4.69) is 6.07 Å². The van der Waals surface area contributed by atoms with Gasteiger partial charge >= 0.3 is 19.5 Å². The van der Waals surface area contributed by atoms with Crippen LogP contribution >= 0.6 is 0 Å². The monoisotopic (exact) mass is 156 g/mol. The molecule has 0 N–H and O–H groups in total. The quantitative estimate of drug-likeness (QED) is 0.399. The van der Waals surface area contributed by atoms with E-state index in [4.69, 9.17) is 0 Å². The average Bonchev–Trinajstić information content (AvgIpc) is 1.72. The van der Waals surface area contributed by atoms with E-state index in [0.29, 0.717) is 0 Å². The molecule has 0 fully saturated rings. The van der Waals surface area contributed by atoms with Crippen molar-refractivity contribution in [2.45, 2.75) is 0 Å². The Hall–Kier alpha value is -0.157. The first-order chi connectivity index (χ1) is 3.00. The number of rotatable bonds is 0. The summed E-state index contributed by atoms with van der Waals surface area (Å²) in [7, 11) is 0. The molecule has 0 spiro atoms. The number of benzene rings is 1. The smallest absolute Gasteiger partial charge is 0.358 e. The van der Waals surface area contributed by atoms with Gasteiger partial charge in [-0.15, -0.1) is 0 Å². The molecule has 0 saturated carbocycles. The molecule has 0 aromatic heterocycles. The van der Waals surface area contributed by atoms with Gasteiger partial charge in [0.1, 0.15) is 0 Å². The molecule has 1 rings (SSSR count). The molecule has 0 aliphatic heterocycles. The van der Waals surface area contributed by atoms with Crippen LogP contribution in [0.2, 0.25) is 0 Å². The summed E-state index contributed by atoms with van der Waals surface area (Å²) in [6, 6.07) is 12.5. The molecule has 1 aromatic carbocycles. The van der Waals surface area contributed by atoms with Gasteiger partial charge in [-0.3, -0.25) is 0 Å². The van der Waals surface area contributed by atoms with Gasteiger partial charge < -0.3 is 7.43 Å². The zero-order chi connectivity index (χ0) is 4.24. The zero-order valence-corrected chi connectivity index (χ0v) is 8.06. The summed E-state index contributed by atoms with van der Waals surface area (Å²) < 4.78 is 0. The maximum atomic E-state index is 2.89. The summed E-state index contributed by atoms with van der Waals surface area (Å²) in [4.78, 5) is 0. The normalized spacial score (nSPS) is 6.00. The Labute approximate surface area is 63.7 Å². The van der Waals surface area contributed by atoms with E-state index >= 15 is 0 Å². The summed E-state index contributed by atoms with van der Waals surface area (Å²) in [5.74, 6) is 0. The zero-order valence-electron chi connectivity index (χ0n) is 5.09.